The Labute approximate surface area is 139 Å². The summed E-state index contributed by atoms with van der Waals surface area (Å²) >= 11 is 12.1. The lowest BCUT2D eigenvalue weighted by atomic mass is 10.3. The van der Waals surface area contributed by atoms with Crippen LogP contribution in [0.4, 0.5) is 23.0 Å². The van der Waals surface area contributed by atoms with E-state index in [1.54, 1.807) is 25.3 Å². The van der Waals surface area contributed by atoms with E-state index >= 15 is 0 Å². The maximum atomic E-state index is 6.13. The van der Waals surface area contributed by atoms with Crippen molar-refractivity contribution in [3.8, 4) is 0 Å². The Balaban J connectivity index is 2.23. The van der Waals surface area contributed by atoms with Crippen molar-refractivity contribution in [3.63, 3.8) is 0 Å². The number of hydrogen-bond donors (Lipinski definition) is 3. The number of anilines is 4. The number of nitrogens with one attached hydrogen (secondary N) is 2. The van der Waals surface area contributed by atoms with Crippen LogP contribution in [0.15, 0.2) is 24.5 Å². The van der Waals surface area contributed by atoms with Crippen LogP contribution in [-0.2, 0) is 4.74 Å². The number of ether oxygens (including phenoxy) is 1. The lowest BCUT2D eigenvalue weighted by Crippen LogP contribution is -2.22. The molecule has 1 atom stereocenters. The molecule has 4 N–H and O–H groups in total. The molecule has 0 fully saturated rings. The van der Waals surface area contributed by atoms with Crippen LogP contribution in [0.5, 0.6) is 0 Å². The summed E-state index contributed by atoms with van der Waals surface area (Å²) in [6, 6.07) is 5.16. The van der Waals surface area contributed by atoms with Gasteiger partial charge >= 0.3 is 0 Å². The Morgan fingerprint density at radius 1 is 1.27 bits per heavy atom. The van der Waals surface area contributed by atoms with Gasteiger partial charge in [-0.15, -0.1) is 0 Å². The molecule has 0 aliphatic heterocycles. The van der Waals surface area contributed by atoms with Crippen molar-refractivity contribution in [2.75, 3.05) is 30.1 Å². The molecule has 6 nitrogen and oxygen atoms in total. The molecule has 1 aromatic carbocycles. The average molecular weight is 342 g/mol. The lowest BCUT2D eigenvalue weighted by Gasteiger charge is -2.17. The summed E-state index contributed by atoms with van der Waals surface area (Å²) < 4.78 is 5.08. The molecule has 0 spiro atoms. The minimum atomic E-state index is 0.0600. The summed E-state index contributed by atoms with van der Waals surface area (Å²) in [7, 11) is 1.63. The van der Waals surface area contributed by atoms with E-state index in [2.05, 4.69) is 20.6 Å². The summed E-state index contributed by atoms with van der Waals surface area (Å²) in [4.78, 5) is 8.28. The highest BCUT2D eigenvalue weighted by Gasteiger charge is 2.12. The minimum absolute atomic E-state index is 0.0600. The van der Waals surface area contributed by atoms with Gasteiger partial charge in [-0.1, -0.05) is 23.2 Å². The third kappa shape index (κ3) is 4.13. The van der Waals surface area contributed by atoms with Crippen LogP contribution < -0.4 is 16.4 Å². The molecule has 0 aliphatic carbocycles. The predicted molar refractivity (Wildman–Crippen MR) is 91.1 cm³/mol. The molecule has 1 aromatic heterocycles. The first-order chi connectivity index (χ1) is 10.5. The van der Waals surface area contributed by atoms with Gasteiger partial charge in [0.2, 0.25) is 0 Å². The van der Waals surface area contributed by atoms with Crippen molar-refractivity contribution in [1.29, 1.82) is 0 Å². The Morgan fingerprint density at radius 2 is 2.00 bits per heavy atom. The number of methoxy groups -OCH3 is 1. The molecule has 2 aromatic rings. The molecule has 0 aliphatic rings. The second-order valence-electron chi connectivity index (χ2n) is 4.73. The van der Waals surface area contributed by atoms with Crippen molar-refractivity contribution in [2.24, 2.45) is 0 Å². The maximum Gasteiger partial charge on any atom is 0.159 e. The second kappa shape index (κ2) is 7.49. The maximum absolute atomic E-state index is 6.13. The van der Waals surface area contributed by atoms with E-state index in [1.807, 2.05) is 6.92 Å². The number of hydrogen-bond acceptors (Lipinski definition) is 6. The zero-order valence-corrected chi connectivity index (χ0v) is 13.7. The molecule has 118 valence electrons. The fraction of sp³-hybridized carbons (Fsp3) is 0.286. The zero-order valence-electron chi connectivity index (χ0n) is 12.2. The Kier molecular flexibility index (Phi) is 5.65. The normalized spacial score (nSPS) is 12.0. The molecular formula is C14H17Cl2N5O. The van der Waals surface area contributed by atoms with Crippen LogP contribution in [0.1, 0.15) is 6.92 Å². The minimum Gasteiger partial charge on any atom is -0.393 e. The Bertz CT molecular complexity index is 653. The SMILES string of the molecule is COCC(C)Nc1ncnc(Nc2cc(Cl)ccc2Cl)c1N. The van der Waals surface area contributed by atoms with E-state index in [0.29, 0.717) is 39.7 Å². The molecule has 0 amide bonds. The van der Waals surface area contributed by atoms with Crippen molar-refractivity contribution in [3.05, 3.63) is 34.6 Å². The number of aromatic nitrogens is 2. The van der Waals surface area contributed by atoms with E-state index in [-0.39, 0.29) is 6.04 Å². The summed E-state index contributed by atoms with van der Waals surface area (Å²) in [5, 5.41) is 7.31. The van der Waals surface area contributed by atoms with Crippen molar-refractivity contribution in [1.82, 2.24) is 9.97 Å². The molecule has 22 heavy (non-hydrogen) atoms. The van der Waals surface area contributed by atoms with Crippen LogP contribution in [-0.4, -0.2) is 29.7 Å². The van der Waals surface area contributed by atoms with Crippen molar-refractivity contribution < 1.29 is 4.74 Å². The first-order valence-electron chi connectivity index (χ1n) is 6.59. The van der Waals surface area contributed by atoms with E-state index in [1.165, 1.54) is 6.33 Å². The number of benzene rings is 1. The average Bonchev–Trinajstić information content (AvgIpc) is 2.47. The van der Waals surface area contributed by atoms with E-state index in [9.17, 15) is 0 Å². The molecule has 0 saturated heterocycles. The van der Waals surface area contributed by atoms with E-state index < -0.39 is 0 Å². The highest BCUT2D eigenvalue weighted by atomic mass is 35.5. The molecule has 1 unspecified atom stereocenters. The summed E-state index contributed by atoms with van der Waals surface area (Å²) in [5.74, 6) is 0.978. The zero-order chi connectivity index (χ0) is 16.1. The fourth-order valence-electron chi connectivity index (χ4n) is 1.86. The van der Waals surface area contributed by atoms with Crippen LogP contribution in [0.3, 0.4) is 0 Å². The Morgan fingerprint density at radius 3 is 2.73 bits per heavy atom. The van der Waals surface area contributed by atoms with Gasteiger partial charge in [0.1, 0.15) is 12.0 Å². The van der Waals surface area contributed by atoms with Gasteiger partial charge in [-0.3, -0.25) is 0 Å². The fourth-order valence-corrected chi connectivity index (χ4v) is 2.19. The third-order valence-electron chi connectivity index (χ3n) is 2.87. The summed E-state index contributed by atoms with van der Waals surface area (Å²) in [6.07, 6.45) is 1.42. The molecule has 0 bridgehead atoms. The van der Waals surface area contributed by atoms with Gasteiger partial charge in [0.05, 0.1) is 17.3 Å². The highest BCUT2D eigenvalue weighted by molar-refractivity contribution is 6.35. The van der Waals surface area contributed by atoms with Gasteiger partial charge in [-0.05, 0) is 25.1 Å². The number of nitrogens with two attached hydrogens (primary N) is 1. The van der Waals surface area contributed by atoms with E-state index in [0.717, 1.165) is 0 Å². The standard InChI is InChI=1S/C14H17Cl2N5O/c1-8(6-22-2)20-13-12(17)14(19-7-18-13)21-11-5-9(15)3-4-10(11)16/h3-5,7-8H,6,17H2,1-2H3,(H2,18,19,20,21). The van der Waals surface area contributed by atoms with Gasteiger partial charge in [-0.2, -0.15) is 0 Å². The molecule has 0 radical (unpaired) electrons. The quantitative estimate of drug-likeness (QED) is 0.744. The number of nitrogens with zero attached hydrogens (tertiary/aromatic N) is 2. The first-order valence-corrected chi connectivity index (χ1v) is 7.35. The van der Waals surface area contributed by atoms with Gasteiger partial charge in [0.15, 0.2) is 11.6 Å². The monoisotopic (exact) mass is 341 g/mol. The van der Waals surface area contributed by atoms with Crippen LogP contribution in [0, 0.1) is 0 Å². The second-order valence-corrected chi connectivity index (χ2v) is 5.58. The van der Waals surface area contributed by atoms with Gasteiger partial charge in [0.25, 0.3) is 0 Å². The molecule has 8 heteroatoms. The van der Waals surface area contributed by atoms with Crippen molar-refractivity contribution >= 4 is 46.2 Å². The molecule has 2 rings (SSSR count). The smallest absolute Gasteiger partial charge is 0.159 e. The lowest BCUT2D eigenvalue weighted by molar-refractivity contribution is 0.190. The molecular weight excluding hydrogens is 325 g/mol. The largest absolute Gasteiger partial charge is 0.393 e. The van der Waals surface area contributed by atoms with Gasteiger partial charge < -0.3 is 21.1 Å². The van der Waals surface area contributed by atoms with E-state index in [4.69, 9.17) is 33.7 Å². The van der Waals surface area contributed by atoms with Crippen molar-refractivity contribution in [2.45, 2.75) is 13.0 Å². The third-order valence-corrected chi connectivity index (χ3v) is 3.43. The first kappa shape index (κ1) is 16.6. The van der Waals surface area contributed by atoms with Crippen LogP contribution in [0.25, 0.3) is 0 Å². The van der Waals surface area contributed by atoms with Crippen LogP contribution in [0.2, 0.25) is 10.0 Å². The van der Waals surface area contributed by atoms with Gasteiger partial charge in [0, 0.05) is 18.2 Å². The highest BCUT2D eigenvalue weighted by Crippen LogP contribution is 2.31. The Hall–Kier alpha value is -1.76. The summed E-state index contributed by atoms with van der Waals surface area (Å²) in [6.45, 7) is 2.50. The predicted octanol–water partition coefficient (Wildman–Crippen LogP) is 3.56. The van der Waals surface area contributed by atoms with Gasteiger partial charge in [-0.25, -0.2) is 9.97 Å². The number of halogens is 2. The number of rotatable bonds is 6. The van der Waals surface area contributed by atoms with Crippen LogP contribution >= 0.6 is 23.2 Å². The number of nitrogen functional groups attached to an aromatic ring is 1. The molecule has 1 heterocycles. The topological polar surface area (TPSA) is 85.1 Å². The summed E-state index contributed by atoms with van der Waals surface area (Å²) in [5.41, 5.74) is 7.11. The molecule has 0 saturated carbocycles.